The van der Waals surface area contributed by atoms with Crippen LogP contribution in [0.4, 0.5) is 0 Å². The highest BCUT2D eigenvalue weighted by Gasteiger charge is 2.10. The maximum absolute atomic E-state index is 11.8. The van der Waals surface area contributed by atoms with Gasteiger partial charge >= 0.3 is 11.9 Å². The number of aliphatic hydroxyl groups is 1. The molecule has 0 saturated carbocycles. The minimum Gasteiger partial charge on any atom is -0.494 e. The normalized spacial score (nSPS) is 10.5. The smallest absolute Gasteiger partial charge is 0.338 e. The van der Waals surface area contributed by atoms with Gasteiger partial charge in [0.25, 0.3) is 0 Å². The number of unbranched alkanes of at least 4 members (excludes halogenated alkanes) is 1. The zero-order valence-corrected chi connectivity index (χ0v) is 22.7. The molecule has 3 atom stereocenters. The summed E-state index contributed by atoms with van der Waals surface area (Å²) in [5, 5.41) is 8.36. The van der Waals surface area contributed by atoms with E-state index in [1.807, 2.05) is 34.6 Å². The molecule has 1 N–H and O–H groups in total. The predicted molar refractivity (Wildman–Crippen MR) is 180 cm³/mol. The molecule has 0 bridgehead atoms. The van der Waals surface area contributed by atoms with Crippen molar-refractivity contribution in [3.8, 4) is 5.75 Å². The number of esters is 2. The van der Waals surface area contributed by atoms with Crippen molar-refractivity contribution in [3.05, 3.63) is 42.5 Å². The third-order valence-corrected chi connectivity index (χ3v) is 5.09. The van der Waals surface area contributed by atoms with Crippen LogP contribution in [0.2, 0.25) is 0 Å². The fraction of sp³-hybridized carbons (Fsp3) is 0.676. The summed E-state index contributed by atoms with van der Waals surface area (Å²) >= 11 is 0. The van der Waals surface area contributed by atoms with Crippen LogP contribution in [-0.4, -0.2) is 48.3 Å². The van der Waals surface area contributed by atoms with Gasteiger partial charge in [0, 0.05) is 12.0 Å². The van der Waals surface area contributed by atoms with Crippen LogP contribution in [-0.2, 0) is 19.1 Å². The standard InChI is InChI=1S/C18H24O5.C6H12O.C4H10O.6CH4/c1-4-14(3)23-18(20)15-8-10-16(11-9-15)21-12-6-7-13-22-17(19)5-2;1-4-5(2)6(3)7;1-3-4(2)5;;;;;;/h5,8-11,14H,2,4,6-7,12-13H2,1,3H3;5H,4H2,1-3H3;4-5H,3H2,1-2H3;6*1H4. The first kappa shape index (κ1) is 58.1. The summed E-state index contributed by atoms with van der Waals surface area (Å²) in [6.07, 6.45) is 5.04. The largest absolute Gasteiger partial charge is 0.494 e. The number of aliphatic hydroxyl groups excluding tert-OH is 1. The minimum absolute atomic E-state index is 0. The highest BCUT2D eigenvalue weighted by atomic mass is 16.5. The second-order valence-corrected chi connectivity index (χ2v) is 8.25. The van der Waals surface area contributed by atoms with E-state index in [1.54, 1.807) is 38.1 Å². The molecule has 7 nitrogen and oxygen atoms in total. The molecule has 1 rings (SSSR count). The van der Waals surface area contributed by atoms with Crippen molar-refractivity contribution >= 4 is 17.7 Å². The Bertz CT molecular complexity index is 712. The molecule has 0 fully saturated rings. The molecule has 1 aromatic carbocycles. The number of ether oxygens (including phenoxy) is 3. The zero-order chi connectivity index (χ0) is 27.2. The Balaban J connectivity index is -0.0000000861. The van der Waals surface area contributed by atoms with Gasteiger partial charge in [-0.05, 0) is 77.1 Å². The summed E-state index contributed by atoms with van der Waals surface area (Å²) in [5.41, 5.74) is 0.508. The van der Waals surface area contributed by atoms with Gasteiger partial charge in [0.2, 0.25) is 0 Å². The Hall–Kier alpha value is -2.67. The summed E-state index contributed by atoms with van der Waals surface area (Å²) in [5.74, 6) is 0.511. The van der Waals surface area contributed by atoms with Crippen molar-refractivity contribution in [2.24, 2.45) is 5.92 Å². The van der Waals surface area contributed by atoms with Crippen molar-refractivity contribution in [1.82, 2.24) is 0 Å². The lowest BCUT2D eigenvalue weighted by atomic mass is 10.1. The first-order valence-electron chi connectivity index (χ1n) is 12.4. The predicted octanol–water partition coefficient (Wildman–Crippen LogP) is 9.75. The van der Waals surface area contributed by atoms with Crippen molar-refractivity contribution in [1.29, 1.82) is 0 Å². The summed E-state index contributed by atoms with van der Waals surface area (Å²) in [6.45, 7) is 17.4. The molecule has 0 heterocycles. The number of hydrogen-bond donors (Lipinski definition) is 1. The summed E-state index contributed by atoms with van der Waals surface area (Å²) < 4.78 is 15.7. The highest BCUT2D eigenvalue weighted by molar-refractivity contribution is 5.89. The number of hydrogen-bond acceptors (Lipinski definition) is 7. The second kappa shape index (κ2) is 37.3. The van der Waals surface area contributed by atoms with E-state index in [0.29, 0.717) is 30.3 Å². The van der Waals surface area contributed by atoms with E-state index in [4.69, 9.17) is 19.3 Å². The Morgan fingerprint density at radius 3 is 1.63 bits per heavy atom. The molecule has 0 spiro atoms. The van der Waals surface area contributed by atoms with Crippen LogP contribution < -0.4 is 4.74 Å². The lowest BCUT2D eigenvalue weighted by Gasteiger charge is -2.11. The van der Waals surface area contributed by atoms with Crippen LogP contribution in [0, 0.1) is 5.92 Å². The molecule has 7 heteroatoms. The van der Waals surface area contributed by atoms with Crippen LogP contribution in [0.25, 0.3) is 0 Å². The maximum Gasteiger partial charge on any atom is 0.338 e. The zero-order valence-electron chi connectivity index (χ0n) is 22.7. The fourth-order valence-corrected chi connectivity index (χ4v) is 1.93. The van der Waals surface area contributed by atoms with Crippen LogP contribution in [0.3, 0.4) is 0 Å². The van der Waals surface area contributed by atoms with Gasteiger partial charge in [-0.25, -0.2) is 9.59 Å². The maximum atomic E-state index is 11.8. The van der Waals surface area contributed by atoms with E-state index in [0.717, 1.165) is 38.2 Å². The van der Waals surface area contributed by atoms with E-state index in [9.17, 15) is 14.4 Å². The van der Waals surface area contributed by atoms with Gasteiger partial charge in [0.1, 0.15) is 11.5 Å². The molecule has 0 amide bonds. The molecular formula is C34H70O7. The molecule has 41 heavy (non-hydrogen) atoms. The van der Waals surface area contributed by atoms with Gasteiger partial charge in [0.05, 0.1) is 31.0 Å². The topological polar surface area (TPSA) is 99.1 Å². The van der Waals surface area contributed by atoms with Crippen LogP contribution in [0.5, 0.6) is 5.75 Å². The third kappa shape index (κ3) is 35.3. The molecule has 0 aliphatic heterocycles. The number of Topliss-reactive ketones (excluding diaryl/α,β-unsaturated/α-hetero) is 1. The number of benzene rings is 1. The molecule has 1 aromatic rings. The molecule has 0 aliphatic carbocycles. The van der Waals surface area contributed by atoms with Crippen LogP contribution in [0.1, 0.15) is 135 Å². The molecule has 0 aliphatic rings. The third-order valence-electron chi connectivity index (χ3n) is 5.09. The van der Waals surface area contributed by atoms with Crippen molar-refractivity contribution in [3.63, 3.8) is 0 Å². The first-order valence-corrected chi connectivity index (χ1v) is 12.4. The quantitative estimate of drug-likeness (QED) is 0.139. The number of ketones is 1. The van der Waals surface area contributed by atoms with E-state index < -0.39 is 5.97 Å². The first-order chi connectivity index (χ1) is 16.5. The Kier molecular flexibility index (Phi) is 52.9. The van der Waals surface area contributed by atoms with Crippen molar-refractivity contribution in [2.75, 3.05) is 13.2 Å². The van der Waals surface area contributed by atoms with Crippen LogP contribution >= 0.6 is 0 Å². The van der Waals surface area contributed by atoms with E-state index >= 15 is 0 Å². The molecule has 3 unspecified atom stereocenters. The van der Waals surface area contributed by atoms with Crippen molar-refractivity contribution in [2.45, 2.75) is 137 Å². The van der Waals surface area contributed by atoms with E-state index in [2.05, 4.69) is 6.58 Å². The Labute approximate surface area is 256 Å². The molecule has 248 valence electrons. The monoisotopic (exact) mass is 591 g/mol. The molecule has 0 aromatic heterocycles. The van der Waals surface area contributed by atoms with E-state index in [-0.39, 0.29) is 68.7 Å². The summed E-state index contributed by atoms with van der Waals surface area (Å²) in [4.78, 5) is 33.0. The molecule has 0 radical (unpaired) electrons. The average molecular weight is 591 g/mol. The number of carbonyl (C=O) groups is 3. The Morgan fingerprint density at radius 2 is 1.29 bits per heavy atom. The van der Waals surface area contributed by atoms with Gasteiger partial charge in [-0.15, -0.1) is 0 Å². The van der Waals surface area contributed by atoms with E-state index in [1.165, 1.54) is 0 Å². The summed E-state index contributed by atoms with van der Waals surface area (Å²) in [6, 6.07) is 6.85. The highest BCUT2D eigenvalue weighted by Crippen LogP contribution is 2.14. The molecule has 0 saturated heterocycles. The number of rotatable bonds is 13. The fourth-order valence-electron chi connectivity index (χ4n) is 1.93. The minimum atomic E-state index is -0.411. The lowest BCUT2D eigenvalue weighted by molar-refractivity contribution is -0.137. The summed E-state index contributed by atoms with van der Waals surface area (Å²) in [7, 11) is 0. The van der Waals surface area contributed by atoms with Gasteiger partial charge in [0.15, 0.2) is 0 Å². The number of carbonyl (C=O) groups excluding carboxylic acids is 3. The van der Waals surface area contributed by atoms with Gasteiger partial charge in [-0.3, -0.25) is 4.79 Å². The average Bonchev–Trinajstić information content (AvgIpc) is 2.86. The lowest BCUT2D eigenvalue weighted by Crippen LogP contribution is -2.13. The van der Waals surface area contributed by atoms with Gasteiger partial charge < -0.3 is 19.3 Å². The van der Waals surface area contributed by atoms with Gasteiger partial charge in [-0.1, -0.05) is 78.8 Å². The molecular weight excluding hydrogens is 520 g/mol. The Morgan fingerprint density at radius 1 is 0.829 bits per heavy atom. The van der Waals surface area contributed by atoms with Crippen molar-refractivity contribution < 1.29 is 33.7 Å². The second-order valence-electron chi connectivity index (χ2n) is 8.25. The SMILES string of the molecule is C.C.C.C.C.C.C=CC(=O)OCCCCOc1ccc(C(=O)OC(C)CC)cc1.CCC(C)C(C)=O.CCC(C)O. The van der Waals surface area contributed by atoms with Gasteiger partial charge in [-0.2, -0.15) is 0 Å². The van der Waals surface area contributed by atoms with Crippen LogP contribution in [0.15, 0.2) is 36.9 Å².